The molecule has 0 amide bonds. The third-order valence-corrected chi connectivity index (χ3v) is 4.31. The molecule has 0 aliphatic rings. The summed E-state index contributed by atoms with van der Waals surface area (Å²) in [5, 5.41) is 6.27. The molecule has 8 nitrogen and oxygen atoms in total. The van der Waals surface area contributed by atoms with Gasteiger partial charge in [-0.2, -0.15) is 4.98 Å². The average Bonchev–Trinajstić information content (AvgIpc) is 2.98. The Morgan fingerprint density at radius 3 is 2.72 bits per heavy atom. The molecule has 4 rings (SSSR count). The minimum atomic E-state index is -1.06. The van der Waals surface area contributed by atoms with Gasteiger partial charge in [-0.05, 0) is 49.7 Å². The number of benzene rings is 2. The zero-order chi connectivity index (χ0) is 20.5. The van der Waals surface area contributed by atoms with Crippen LogP contribution in [0.15, 0.2) is 51.8 Å². The smallest absolute Gasteiger partial charge is 0.448 e. The first-order chi connectivity index (χ1) is 13.9. The van der Waals surface area contributed by atoms with Crippen molar-refractivity contribution in [2.75, 3.05) is 17.7 Å². The summed E-state index contributed by atoms with van der Waals surface area (Å²) in [4.78, 5) is 20.1. The minimum Gasteiger partial charge on any atom is -0.497 e. The molecule has 0 spiro atoms. The van der Waals surface area contributed by atoms with Gasteiger partial charge in [-0.25, -0.2) is 9.78 Å². The summed E-state index contributed by atoms with van der Waals surface area (Å²) in [6.07, 6.45) is 1.67. The van der Waals surface area contributed by atoms with E-state index < -0.39 is 5.76 Å². The van der Waals surface area contributed by atoms with Crippen molar-refractivity contribution in [2.24, 2.45) is 0 Å². The van der Waals surface area contributed by atoms with E-state index in [9.17, 15) is 9.28 Å². The number of aryl methyl sites for hydroxylation is 2. The van der Waals surface area contributed by atoms with Gasteiger partial charge in [-0.1, -0.05) is 4.48 Å². The average molecular weight is 395 g/mol. The molecule has 0 aliphatic carbocycles. The number of hydrogen-bond donors (Lipinski definition) is 2. The highest BCUT2D eigenvalue weighted by molar-refractivity contribution is 5.79. The van der Waals surface area contributed by atoms with Crippen LogP contribution in [0.1, 0.15) is 11.1 Å². The summed E-state index contributed by atoms with van der Waals surface area (Å²) in [6, 6.07) is 10.4. The first-order valence-corrected chi connectivity index (χ1v) is 8.78. The van der Waals surface area contributed by atoms with E-state index in [4.69, 9.17) is 9.15 Å². The lowest BCUT2D eigenvalue weighted by atomic mass is 10.2. The van der Waals surface area contributed by atoms with Gasteiger partial charge in [0, 0.05) is 29.2 Å². The number of halogens is 1. The van der Waals surface area contributed by atoms with Gasteiger partial charge in [0.25, 0.3) is 0 Å². The maximum atomic E-state index is 13.8. The largest absolute Gasteiger partial charge is 0.497 e. The van der Waals surface area contributed by atoms with E-state index in [2.05, 4.69) is 20.6 Å². The van der Waals surface area contributed by atoms with Crippen LogP contribution in [0.5, 0.6) is 5.75 Å². The SMILES string of the molecule is COc1cc(C)cc(Nc2ncc(C)c(Nc3ccc4oc(=O)n(F)c4c3)n2)c1. The molecule has 29 heavy (non-hydrogen) atoms. The number of methoxy groups -OCH3 is 1. The fourth-order valence-corrected chi connectivity index (χ4v) is 2.90. The van der Waals surface area contributed by atoms with Crippen LogP contribution in [0.4, 0.5) is 27.6 Å². The molecule has 2 heterocycles. The maximum absolute atomic E-state index is 13.8. The lowest BCUT2D eigenvalue weighted by Crippen LogP contribution is -2.05. The number of anilines is 4. The van der Waals surface area contributed by atoms with Crippen LogP contribution in [0.3, 0.4) is 0 Å². The molecule has 2 aromatic carbocycles. The van der Waals surface area contributed by atoms with E-state index in [1.165, 1.54) is 12.1 Å². The van der Waals surface area contributed by atoms with Crippen molar-refractivity contribution >= 4 is 34.2 Å². The molecule has 0 radical (unpaired) electrons. The molecular formula is C20H18FN5O3. The van der Waals surface area contributed by atoms with Gasteiger partial charge < -0.3 is 19.8 Å². The van der Waals surface area contributed by atoms with Gasteiger partial charge in [0.15, 0.2) is 5.58 Å². The number of ether oxygens (including phenoxy) is 1. The Balaban J connectivity index is 1.63. The second-order valence-corrected chi connectivity index (χ2v) is 6.55. The van der Waals surface area contributed by atoms with E-state index in [1.807, 2.05) is 32.0 Å². The highest BCUT2D eigenvalue weighted by Crippen LogP contribution is 2.26. The molecule has 0 fully saturated rings. The molecule has 0 saturated carbocycles. The van der Waals surface area contributed by atoms with Crippen LogP contribution < -0.4 is 21.1 Å². The van der Waals surface area contributed by atoms with E-state index in [0.29, 0.717) is 17.5 Å². The van der Waals surface area contributed by atoms with Crippen molar-refractivity contribution in [1.82, 2.24) is 14.8 Å². The Bertz CT molecular complexity index is 1260. The molecule has 0 saturated heterocycles. The molecule has 2 N–H and O–H groups in total. The Labute approximate surface area is 164 Å². The summed E-state index contributed by atoms with van der Waals surface area (Å²) in [5.41, 5.74) is 3.37. The number of oxazole rings is 1. The summed E-state index contributed by atoms with van der Waals surface area (Å²) >= 11 is 0. The molecule has 0 aliphatic heterocycles. The van der Waals surface area contributed by atoms with Gasteiger partial charge >= 0.3 is 5.76 Å². The normalized spacial score (nSPS) is 10.9. The second-order valence-electron chi connectivity index (χ2n) is 6.55. The minimum absolute atomic E-state index is 0.0363. The molecule has 9 heteroatoms. The number of fused-ring (bicyclic) bond motifs is 1. The van der Waals surface area contributed by atoms with Crippen LogP contribution in [-0.2, 0) is 0 Å². The first kappa shape index (κ1) is 18.5. The van der Waals surface area contributed by atoms with Crippen LogP contribution >= 0.6 is 0 Å². The molecule has 0 bridgehead atoms. The van der Waals surface area contributed by atoms with Crippen molar-refractivity contribution < 1.29 is 13.6 Å². The van der Waals surface area contributed by atoms with E-state index in [1.54, 1.807) is 19.4 Å². The lowest BCUT2D eigenvalue weighted by molar-refractivity contribution is 0.331. The number of hydrogen-bond acceptors (Lipinski definition) is 7. The molecule has 0 atom stereocenters. The van der Waals surface area contributed by atoms with Crippen LogP contribution in [0.25, 0.3) is 11.1 Å². The van der Waals surface area contributed by atoms with Crippen molar-refractivity contribution in [1.29, 1.82) is 0 Å². The van der Waals surface area contributed by atoms with Crippen molar-refractivity contribution in [3.8, 4) is 5.75 Å². The Hall–Kier alpha value is -3.88. The number of nitrogens with zero attached hydrogens (tertiary/aromatic N) is 3. The summed E-state index contributed by atoms with van der Waals surface area (Å²) in [5.74, 6) is 0.592. The molecule has 4 aromatic rings. The Morgan fingerprint density at radius 1 is 1.10 bits per heavy atom. The van der Waals surface area contributed by atoms with Crippen LogP contribution in [0, 0.1) is 13.8 Å². The quantitative estimate of drug-likeness (QED) is 0.522. The summed E-state index contributed by atoms with van der Waals surface area (Å²) < 4.78 is 23.9. The monoisotopic (exact) mass is 395 g/mol. The lowest BCUT2D eigenvalue weighted by Gasteiger charge is -2.12. The summed E-state index contributed by atoms with van der Waals surface area (Å²) in [7, 11) is 1.61. The fourth-order valence-electron chi connectivity index (χ4n) is 2.90. The van der Waals surface area contributed by atoms with E-state index in [-0.39, 0.29) is 15.9 Å². The Kier molecular flexibility index (Phi) is 4.63. The van der Waals surface area contributed by atoms with Gasteiger partial charge in [-0.15, -0.1) is 4.79 Å². The maximum Gasteiger partial charge on any atom is 0.448 e. The predicted molar refractivity (Wildman–Crippen MR) is 108 cm³/mol. The third-order valence-electron chi connectivity index (χ3n) is 4.31. The van der Waals surface area contributed by atoms with Crippen molar-refractivity contribution in [3.05, 3.63) is 64.3 Å². The van der Waals surface area contributed by atoms with Gasteiger partial charge in [0.2, 0.25) is 5.95 Å². The summed E-state index contributed by atoms with van der Waals surface area (Å²) in [6.45, 7) is 3.82. The first-order valence-electron chi connectivity index (χ1n) is 8.78. The fraction of sp³-hybridized carbons (Fsp3) is 0.150. The number of aromatic nitrogens is 3. The molecule has 2 aromatic heterocycles. The zero-order valence-electron chi connectivity index (χ0n) is 16.0. The molecule has 148 valence electrons. The Morgan fingerprint density at radius 2 is 1.93 bits per heavy atom. The van der Waals surface area contributed by atoms with Crippen molar-refractivity contribution in [3.63, 3.8) is 0 Å². The molecule has 0 unspecified atom stereocenters. The van der Waals surface area contributed by atoms with E-state index >= 15 is 0 Å². The van der Waals surface area contributed by atoms with Gasteiger partial charge in [-0.3, -0.25) is 0 Å². The predicted octanol–water partition coefficient (Wildman–Crippen LogP) is 4.23. The standard InChI is InChI=1S/C20H18FN5O3/c1-11-6-14(8-15(7-11)28-3)24-19-22-10-12(2)18(25-19)23-13-4-5-17-16(9-13)26(21)20(27)29-17/h4-10H,1-3H3,(H2,22,23,24,25). The number of nitrogens with one attached hydrogen (secondary N) is 2. The highest BCUT2D eigenvalue weighted by Gasteiger charge is 2.11. The third kappa shape index (κ3) is 3.75. The highest BCUT2D eigenvalue weighted by atomic mass is 19.2. The van der Waals surface area contributed by atoms with Gasteiger partial charge in [0.1, 0.15) is 17.1 Å². The topological polar surface area (TPSA) is 94.2 Å². The molecular weight excluding hydrogens is 377 g/mol. The van der Waals surface area contributed by atoms with Gasteiger partial charge in [0.05, 0.1) is 7.11 Å². The van der Waals surface area contributed by atoms with Crippen LogP contribution in [0.2, 0.25) is 0 Å². The van der Waals surface area contributed by atoms with Crippen LogP contribution in [-0.4, -0.2) is 21.9 Å². The number of rotatable bonds is 5. The zero-order valence-corrected chi connectivity index (χ0v) is 16.0. The second kappa shape index (κ2) is 7.27. The van der Waals surface area contributed by atoms with E-state index in [0.717, 1.165) is 22.6 Å². The van der Waals surface area contributed by atoms with Crippen molar-refractivity contribution in [2.45, 2.75) is 13.8 Å².